The average Bonchev–Trinajstić information content (AvgIpc) is 3.16. The number of nitrogens with two attached hydrogens (primary N) is 1. The summed E-state index contributed by atoms with van der Waals surface area (Å²) in [7, 11) is 0. The van der Waals surface area contributed by atoms with Crippen LogP contribution >= 0.6 is 11.3 Å². The maximum atomic E-state index is 6.06. The third kappa shape index (κ3) is 2.77. The molecule has 2 N–H and O–H groups in total. The summed E-state index contributed by atoms with van der Waals surface area (Å²) in [6.07, 6.45) is 6.09. The first kappa shape index (κ1) is 13.4. The fraction of sp³-hybridized carbons (Fsp3) is 0.467. The Morgan fingerprint density at radius 2 is 2.25 bits per heavy atom. The molecule has 2 aromatic heterocycles. The highest BCUT2D eigenvalue weighted by Gasteiger charge is 2.31. The number of nitrogens with zero attached hydrogens (tertiary/aromatic N) is 3. The molecule has 3 rings (SSSR count). The molecule has 5 heteroatoms. The van der Waals surface area contributed by atoms with Gasteiger partial charge in [0.2, 0.25) is 0 Å². The number of aromatic nitrogens is 2. The molecule has 0 amide bonds. The van der Waals surface area contributed by atoms with Crippen LogP contribution in [0.25, 0.3) is 0 Å². The van der Waals surface area contributed by atoms with Gasteiger partial charge in [-0.05, 0) is 41.7 Å². The summed E-state index contributed by atoms with van der Waals surface area (Å²) in [6, 6.07) is 2.80. The van der Waals surface area contributed by atoms with Crippen molar-refractivity contribution >= 4 is 23.0 Å². The van der Waals surface area contributed by atoms with Crippen molar-refractivity contribution in [2.24, 2.45) is 0 Å². The Kier molecular flexibility index (Phi) is 3.87. The van der Waals surface area contributed by atoms with E-state index in [1.54, 1.807) is 17.7 Å². The van der Waals surface area contributed by atoms with Crippen LogP contribution < -0.4 is 10.6 Å². The number of thiophene rings is 1. The lowest BCUT2D eigenvalue weighted by molar-refractivity contribution is 0.761. The normalized spacial score (nSPS) is 14.4. The summed E-state index contributed by atoms with van der Waals surface area (Å²) < 4.78 is 0. The SMILES string of the molecule is CCCc1c(N)ncnc1N(Cc1ccsc1)C1CC1. The van der Waals surface area contributed by atoms with Crippen molar-refractivity contribution < 1.29 is 0 Å². The molecule has 0 unspecified atom stereocenters. The lowest BCUT2D eigenvalue weighted by atomic mass is 10.1. The van der Waals surface area contributed by atoms with Crippen molar-refractivity contribution in [1.82, 2.24) is 9.97 Å². The van der Waals surface area contributed by atoms with Crippen molar-refractivity contribution in [1.29, 1.82) is 0 Å². The van der Waals surface area contributed by atoms with Gasteiger partial charge in [0.05, 0.1) is 0 Å². The molecule has 1 saturated carbocycles. The van der Waals surface area contributed by atoms with E-state index in [0.29, 0.717) is 11.9 Å². The monoisotopic (exact) mass is 288 g/mol. The van der Waals surface area contributed by atoms with Gasteiger partial charge < -0.3 is 10.6 Å². The number of rotatable bonds is 6. The van der Waals surface area contributed by atoms with Crippen LogP contribution in [0, 0.1) is 0 Å². The standard InChI is InChI=1S/C15H20N4S/c1-2-3-13-14(16)17-10-18-15(13)19(12-4-5-12)8-11-6-7-20-9-11/h6-7,9-10,12H,2-5,8H2,1H3,(H2,16,17,18). The van der Waals surface area contributed by atoms with E-state index >= 15 is 0 Å². The molecule has 0 radical (unpaired) electrons. The second kappa shape index (κ2) is 5.79. The van der Waals surface area contributed by atoms with E-state index in [4.69, 9.17) is 5.73 Å². The molecule has 0 spiro atoms. The highest BCUT2D eigenvalue weighted by atomic mass is 32.1. The summed E-state index contributed by atoms with van der Waals surface area (Å²) in [5.41, 5.74) is 8.52. The zero-order valence-corrected chi connectivity index (χ0v) is 12.6. The van der Waals surface area contributed by atoms with Crippen LogP contribution in [0.3, 0.4) is 0 Å². The topological polar surface area (TPSA) is 55.0 Å². The molecule has 0 bridgehead atoms. The van der Waals surface area contributed by atoms with Crippen molar-refractivity contribution in [3.05, 3.63) is 34.3 Å². The van der Waals surface area contributed by atoms with Gasteiger partial charge in [-0.15, -0.1) is 0 Å². The van der Waals surface area contributed by atoms with Crippen molar-refractivity contribution in [3.63, 3.8) is 0 Å². The molecule has 1 aliphatic carbocycles. The lowest BCUT2D eigenvalue weighted by Crippen LogP contribution is -2.27. The molecule has 1 fully saturated rings. The molecule has 2 aromatic rings. The van der Waals surface area contributed by atoms with Crippen LogP contribution in [0.2, 0.25) is 0 Å². The van der Waals surface area contributed by atoms with E-state index < -0.39 is 0 Å². The van der Waals surface area contributed by atoms with Crippen molar-refractivity contribution in [2.45, 2.75) is 45.2 Å². The molecule has 1 aliphatic rings. The predicted molar refractivity (Wildman–Crippen MR) is 84.0 cm³/mol. The van der Waals surface area contributed by atoms with Crippen LogP contribution in [0.15, 0.2) is 23.2 Å². The van der Waals surface area contributed by atoms with Crippen LogP contribution in [-0.2, 0) is 13.0 Å². The van der Waals surface area contributed by atoms with E-state index in [1.807, 2.05) is 0 Å². The Bertz CT molecular complexity index is 563. The molecule has 0 atom stereocenters. The Morgan fingerprint density at radius 1 is 1.40 bits per heavy atom. The second-order valence-corrected chi connectivity index (χ2v) is 6.08. The van der Waals surface area contributed by atoms with E-state index in [2.05, 4.69) is 38.6 Å². The Hall–Kier alpha value is -1.62. The van der Waals surface area contributed by atoms with E-state index in [0.717, 1.165) is 30.8 Å². The van der Waals surface area contributed by atoms with Gasteiger partial charge in [-0.1, -0.05) is 13.3 Å². The number of hydrogen-bond acceptors (Lipinski definition) is 5. The number of anilines is 2. The van der Waals surface area contributed by atoms with Gasteiger partial charge in [0.15, 0.2) is 0 Å². The minimum absolute atomic E-state index is 0.611. The van der Waals surface area contributed by atoms with Gasteiger partial charge in [0.25, 0.3) is 0 Å². The summed E-state index contributed by atoms with van der Waals surface area (Å²) >= 11 is 1.74. The van der Waals surface area contributed by atoms with E-state index in [9.17, 15) is 0 Å². The fourth-order valence-electron chi connectivity index (χ4n) is 2.50. The van der Waals surface area contributed by atoms with E-state index in [-0.39, 0.29) is 0 Å². The van der Waals surface area contributed by atoms with Crippen LogP contribution in [0.5, 0.6) is 0 Å². The Balaban J connectivity index is 1.93. The molecular weight excluding hydrogens is 268 g/mol. The largest absolute Gasteiger partial charge is 0.383 e. The Morgan fingerprint density at radius 3 is 2.90 bits per heavy atom. The summed E-state index contributed by atoms with van der Waals surface area (Å²) in [5, 5.41) is 4.33. The quantitative estimate of drug-likeness (QED) is 0.886. The highest BCUT2D eigenvalue weighted by Crippen LogP contribution is 2.35. The minimum Gasteiger partial charge on any atom is -0.383 e. The van der Waals surface area contributed by atoms with Gasteiger partial charge >= 0.3 is 0 Å². The maximum absolute atomic E-state index is 6.06. The second-order valence-electron chi connectivity index (χ2n) is 5.30. The highest BCUT2D eigenvalue weighted by molar-refractivity contribution is 7.07. The molecule has 0 aliphatic heterocycles. The fourth-order valence-corrected chi connectivity index (χ4v) is 3.16. The first-order valence-corrected chi connectivity index (χ1v) is 8.11. The molecule has 0 saturated heterocycles. The smallest absolute Gasteiger partial charge is 0.137 e. The van der Waals surface area contributed by atoms with Gasteiger partial charge in [-0.2, -0.15) is 11.3 Å². The number of nitrogen functional groups attached to an aromatic ring is 1. The molecule has 4 nitrogen and oxygen atoms in total. The first-order valence-electron chi connectivity index (χ1n) is 7.16. The van der Waals surface area contributed by atoms with Gasteiger partial charge in [-0.25, -0.2) is 9.97 Å². The third-order valence-electron chi connectivity index (χ3n) is 3.65. The van der Waals surface area contributed by atoms with Crippen LogP contribution in [0.4, 0.5) is 11.6 Å². The zero-order chi connectivity index (χ0) is 13.9. The summed E-state index contributed by atoms with van der Waals surface area (Å²) in [6.45, 7) is 3.08. The van der Waals surface area contributed by atoms with Crippen LogP contribution in [0.1, 0.15) is 37.3 Å². The van der Waals surface area contributed by atoms with Crippen LogP contribution in [-0.4, -0.2) is 16.0 Å². The first-order chi connectivity index (χ1) is 9.79. The molecule has 20 heavy (non-hydrogen) atoms. The van der Waals surface area contributed by atoms with Gasteiger partial charge in [0, 0.05) is 18.2 Å². The molecule has 106 valence electrons. The van der Waals surface area contributed by atoms with E-state index in [1.165, 1.54) is 18.4 Å². The third-order valence-corrected chi connectivity index (χ3v) is 4.38. The summed E-state index contributed by atoms with van der Waals surface area (Å²) in [4.78, 5) is 11.1. The summed E-state index contributed by atoms with van der Waals surface area (Å²) in [5.74, 6) is 1.67. The predicted octanol–water partition coefficient (Wildman–Crippen LogP) is 3.24. The Labute approximate surface area is 123 Å². The van der Waals surface area contributed by atoms with Gasteiger partial charge in [-0.3, -0.25) is 0 Å². The zero-order valence-electron chi connectivity index (χ0n) is 11.7. The molecular formula is C15H20N4S. The molecule has 0 aromatic carbocycles. The average molecular weight is 288 g/mol. The maximum Gasteiger partial charge on any atom is 0.137 e. The van der Waals surface area contributed by atoms with Gasteiger partial charge in [0.1, 0.15) is 18.0 Å². The van der Waals surface area contributed by atoms with Crippen molar-refractivity contribution in [2.75, 3.05) is 10.6 Å². The minimum atomic E-state index is 0.611. The lowest BCUT2D eigenvalue weighted by Gasteiger charge is -2.25. The number of hydrogen-bond donors (Lipinski definition) is 1. The molecule has 2 heterocycles. The van der Waals surface area contributed by atoms with Crippen molar-refractivity contribution in [3.8, 4) is 0 Å².